The molecular formula is C8H13N3. The van der Waals surface area contributed by atoms with Crippen LogP contribution in [-0.2, 0) is 0 Å². The average molecular weight is 151 g/mol. The first-order valence-corrected chi connectivity index (χ1v) is 3.73. The lowest BCUT2D eigenvalue weighted by atomic mass is 9.75. The second kappa shape index (κ2) is 2.04. The van der Waals surface area contributed by atoms with E-state index in [2.05, 4.69) is 37.1 Å². The molecule has 0 amide bonds. The van der Waals surface area contributed by atoms with Gasteiger partial charge in [0.05, 0.1) is 6.07 Å². The molecule has 0 aliphatic carbocycles. The molecule has 0 bridgehead atoms. The molecule has 11 heavy (non-hydrogen) atoms. The summed E-state index contributed by atoms with van der Waals surface area (Å²) in [5.41, 5.74) is -0.523. The highest BCUT2D eigenvalue weighted by Crippen LogP contribution is 2.39. The Labute approximate surface area is 67.1 Å². The molecule has 0 radical (unpaired) electrons. The Bertz CT molecular complexity index is 231. The van der Waals surface area contributed by atoms with Crippen molar-refractivity contribution in [2.75, 3.05) is 0 Å². The van der Waals surface area contributed by atoms with Crippen molar-refractivity contribution in [2.24, 2.45) is 15.6 Å². The Balaban J connectivity index is 2.84. The van der Waals surface area contributed by atoms with Gasteiger partial charge in [-0.2, -0.15) is 15.5 Å². The van der Waals surface area contributed by atoms with Crippen molar-refractivity contribution in [3.63, 3.8) is 0 Å². The molecule has 0 spiro atoms. The van der Waals surface area contributed by atoms with Crippen molar-refractivity contribution in [1.82, 2.24) is 0 Å². The topological polar surface area (TPSA) is 48.5 Å². The van der Waals surface area contributed by atoms with E-state index < -0.39 is 5.54 Å². The summed E-state index contributed by atoms with van der Waals surface area (Å²) in [5.74, 6) is 0. The van der Waals surface area contributed by atoms with Gasteiger partial charge in [-0.25, -0.2) is 0 Å². The van der Waals surface area contributed by atoms with E-state index in [0.29, 0.717) is 0 Å². The van der Waals surface area contributed by atoms with Gasteiger partial charge in [-0.3, -0.25) is 0 Å². The molecule has 2 unspecified atom stereocenters. The first-order valence-electron chi connectivity index (χ1n) is 3.73. The maximum atomic E-state index is 8.78. The molecule has 3 nitrogen and oxygen atoms in total. The van der Waals surface area contributed by atoms with Gasteiger partial charge in [-0.1, -0.05) is 20.8 Å². The van der Waals surface area contributed by atoms with Crippen LogP contribution >= 0.6 is 0 Å². The van der Waals surface area contributed by atoms with Gasteiger partial charge in [0, 0.05) is 0 Å². The van der Waals surface area contributed by atoms with E-state index in [9.17, 15) is 0 Å². The van der Waals surface area contributed by atoms with Crippen molar-refractivity contribution < 1.29 is 0 Å². The Morgan fingerprint density at radius 2 is 2.00 bits per heavy atom. The maximum Gasteiger partial charge on any atom is 0.189 e. The van der Waals surface area contributed by atoms with E-state index in [1.54, 1.807) is 0 Å². The normalized spacial score (nSPS) is 36.1. The standard InChI is InChI=1S/C8H13N3/c1-7(2,3)6-8(4,5-9)11-10-6/h6H,1-4H3. The van der Waals surface area contributed by atoms with Gasteiger partial charge in [-0.15, -0.1) is 0 Å². The maximum absolute atomic E-state index is 8.78. The summed E-state index contributed by atoms with van der Waals surface area (Å²) in [4.78, 5) is 0. The second-order valence-electron chi connectivity index (χ2n) is 4.24. The molecule has 1 aliphatic heterocycles. The zero-order valence-electron chi connectivity index (χ0n) is 7.42. The highest BCUT2D eigenvalue weighted by molar-refractivity contribution is 5.18. The number of hydrogen-bond donors (Lipinski definition) is 0. The smallest absolute Gasteiger partial charge is 0.189 e. The third-order valence-corrected chi connectivity index (χ3v) is 1.96. The number of nitrogens with zero attached hydrogens (tertiary/aromatic N) is 3. The summed E-state index contributed by atoms with van der Waals surface area (Å²) in [6.07, 6.45) is 0. The van der Waals surface area contributed by atoms with Crippen LogP contribution in [0.1, 0.15) is 27.7 Å². The predicted octanol–water partition coefficient (Wildman–Crippen LogP) is 2.15. The second-order valence-corrected chi connectivity index (χ2v) is 4.24. The fourth-order valence-electron chi connectivity index (χ4n) is 1.39. The van der Waals surface area contributed by atoms with Crippen LogP contribution in [-0.4, -0.2) is 11.6 Å². The van der Waals surface area contributed by atoms with Crippen LogP contribution in [0.5, 0.6) is 0 Å². The number of nitriles is 1. The van der Waals surface area contributed by atoms with Crippen LogP contribution in [0.2, 0.25) is 0 Å². The zero-order chi connectivity index (χ0) is 8.70. The number of azo groups is 1. The lowest BCUT2D eigenvalue weighted by Crippen LogP contribution is -2.49. The van der Waals surface area contributed by atoms with Crippen LogP contribution in [0.15, 0.2) is 10.2 Å². The Kier molecular flexibility index (Phi) is 1.52. The Hall–Kier alpha value is -0.910. The molecule has 0 N–H and O–H groups in total. The summed E-state index contributed by atoms with van der Waals surface area (Å²) in [7, 11) is 0. The van der Waals surface area contributed by atoms with Gasteiger partial charge in [0.25, 0.3) is 0 Å². The van der Waals surface area contributed by atoms with E-state index in [0.717, 1.165) is 0 Å². The lowest BCUT2D eigenvalue weighted by Gasteiger charge is -2.39. The fraction of sp³-hybridized carbons (Fsp3) is 0.875. The zero-order valence-corrected chi connectivity index (χ0v) is 7.42. The summed E-state index contributed by atoms with van der Waals surface area (Å²) in [5, 5.41) is 16.6. The monoisotopic (exact) mass is 151 g/mol. The van der Waals surface area contributed by atoms with Crippen molar-refractivity contribution in [1.29, 1.82) is 5.26 Å². The van der Waals surface area contributed by atoms with Crippen molar-refractivity contribution in [3.8, 4) is 6.07 Å². The van der Waals surface area contributed by atoms with E-state index in [1.165, 1.54) is 0 Å². The van der Waals surface area contributed by atoms with Gasteiger partial charge in [-0.05, 0) is 12.3 Å². The van der Waals surface area contributed by atoms with Crippen molar-refractivity contribution >= 4 is 0 Å². The number of hydrogen-bond acceptors (Lipinski definition) is 3. The van der Waals surface area contributed by atoms with E-state index in [1.807, 2.05) is 6.92 Å². The minimum atomic E-state index is -0.571. The average Bonchev–Trinajstić information content (AvgIpc) is 1.80. The molecule has 0 aromatic carbocycles. The Morgan fingerprint density at radius 1 is 1.45 bits per heavy atom. The third-order valence-electron chi connectivity index (χ3n) is 1.96. The fourth-order valence-corrected chi connectivity index (χ4v) is 1.39. The van der Waals surface area contributed by atoms with Gasteiger partial charge in [0.1, 0.15) is 6.04 Å². The SMILES string of the molecule is CC(C)(C)C1N=NC1(C)C#N. The van der Waals surface area contributed by atoms with Gasteiger partial charge >= 0.3 is 0 Å². The molecule has 60 valence electrons. The molecular weight excluding hydrogens is 138 g/mol. The highest BCUT2D eigenvalue weighted by Gasteiger charge is 2.48. The Morgan fingerprint density at radius 3 is 2.09 bits per heavy atom. The first kappa shape index (κ1) is 8.19. The minimum Gasteiger partial charge on any atom is -0.195 e. The molecule has 0 aromatic heterocycles. The molecule has 1 aliphatic rings. The molecule has 0 aromatic rings. The third kappa shape index (κ3) is 1.13. The molecule has 3 heteroatoms. The van der Waals surface area contributed by atoms with Gasteiger partial charge in [0.15, 0.2) is 5.54 Å². The van der Waals surface area contributed by atoms with Crippen LogP contribution in [0.3, 0.4) is 0 Å². The molecule has 2 atom stereocenters. The van der Waals surface area contributed by atoms with Gasteiger partial charge < -0.3 is 0 Å². The van der Waals surface area contributed by atoms with E-state index in [4.69, 9.17) is 5.26 Å². The largest absolute Gasteiger partial charge is 0.195 e. The summed E-state index contributed by atoms with van der Waals surface area (Å²) >= 11 is 0. The van der Waals surface area contributed by atoms with Crippen molar-refractivity contribution in [2.45, 2.75) is 39.3 Å². The highest BCUT2D eigenvalue weighted by atomic mass is 15.3. The van der Waals surface area contributed by atoms with E-state index in [-0.39, 0.29) is 11.5 Å². The lowest BCUT2D eigenvalue weighted by molar-refractivity contribution is 0.187. The van der Waals surface area contributed by atoms with Gasteiger partial charge in [0.2, 0.25) is 0 Å². The quantitative estimate of drug-likeness (QED) is 0.523. The van der Waals surface area contributed by atoms with E-state index >= 15 is 0 Å². The number of rotatable bonds is 0. The summed E-state index contributed by atoms with van der Waals surface area (Å²) < 4.78 is 0. The summed E-state index contributed by atoms with van der Waals surface area (Å²) in [6, 6.07) is 2.23. The molecule has 0 saturated carbocycles. The van der Waals surface area contributed by atoms with Crippen LogP contribution in [0, 0.1) is 16.7 Å². The summed E-state index contributed by atoms with van der Waals surface area (Å²) in [6.45, 7) is 8.05. The van der Waals surface area contributed by atoms with Crippen LogP contribution in [0.25, 0.3) is 0 Å². The molecule has 0 fully saturated rings. The predicted molar refractivity (Wildman–Crippen MR) is 42.1 cm³/mol. The van der Waals surface area contributed by atoms with Crippen LogP contribution in [0.4, 0.5) is 0 Å². The molecule has 1 heterocycles. The molecule has 0 saturated heterocycles. The van der Waals surface area contributed by atoms with Crippen LogP contribution < -0.4 is 0 Å². The van der Waals surface area contributed by atoms with Crippen molar-refractivity contribution in [3.05, 3.63) is 0 Å². The molecule has 1 rings (SSSR count). The minimum absolute atomic E-state index is 0.0478. The first-order chi connectivity index (χ1) is 4.90.